The van der Waals surface area contributed by atoms with Crippen LogP contribution in [0.25, 0.3) is 0 Å². The number of carbonyl (C=O) groups excluding carboxylic acids is 1. The van der Waals surface area contributed by atoms with E-state index in [1.807, 2.05) is 16.5 Å². The van der Waals surface area contributed by atoms with Crippen LogP contribution in [0, 0.1) is 5.92 Å². The lowest BCUT2D eigenvalue weighted by atomic mass is 9.95. The molecular formula is C13H21N3O. The van der Waals surface area contributed by atoms with E-state index < -0.39 is 0 Å². The largest absolute Gasteiger partial charge is 0.397 e. The van der Waals surface area contributed by atoms with E-state index in [0.29, 0.717) is 23.3 Å². The van der Waals surface area contributed by atoms with E-state index >= 15 is 0 Å². The first-order valence-electron chi connectivity index (χ1n) is 6.22. The molecule has 17 heavy (non-hydrogen) atoms. The average Bonchev–Trinajstić information content (AvgIpc) is 2.60. The Morgan fingerprint density at radius 1 is 1.41 bits per heavy atom. The number of amides is 1. The standard InChI is InChI=1S/C13H21N3O/c1-9-4-5-10(2)16(7-9)13(17)12-6-11(14)8-15(12)3/h6,8-10H,4-5,7,14H2,1-3H3. The minimum atomic E-state index is 0.100. The molecule has 94 valence electrons. The Labute approximate surface area is 102 Å². The van der Waals surface area contributed by atoms with Gasteiger partial charge in [-0.2, -0.15) is 0 Å². The normalized spacial score (nSPS) is 25.0. The van der Waals surface area contributed by atoms with E-state index in [1.54, 1.807) is 12.3 Å². The van der Waals surface area contributed by atoms with Crippen LogP contribution in [0.4, 0.5) is 5.69 Å². The Morgan fingerprint density at radius 2 is 2.12 bits per heavy atom. The van der Waals surface area contributed by atoms with Crippen molar-refractivity contribution in [1.82, 2.24) is 9.47 Å². The molecule has 0 bridgehead atoms. The van der Waals surface area contributed by atoms with Crippen molar-refractivity contribution in [2.24, 2.45) is 13.0 Å². The number of rotatable bonds is 1. The van der Waals surface area contributed by atoms with Crippen molar-refractivity contribution in [3.8, 4) is 0 Å². The number of nitrogens with zero attached hydrogens (tertiary/aromatic N) is 2. The first-order valence-corrected chi connectivity index (χ1v) is 6.22. The lowest BCUT2D eigenvalue weighted by Crippen LogP contribution is -2.45. The molecule has 1 aliphatic rings. The number of piperidine rings is 1. The first-order chi connectivity index (χ1) is 7.99. The van der Waals surface area contributed by atoms with Crippen LogP contribution in [0.15, 0.2) is 12.3 Å². The molecule has 1 aromatic heterocycles. The molecule has 2 N–H and O–H groups in total. The number of hydrogen-bond acceptors (Lipinski definition) is 2. The summed E-state index contributed by atoms with van der Waals surface area (Å²) in [6.45, 7) is 5.17. The van der Waals surface area contributed by atoms with Gasteiger partial charge in [-0.3, -0.25) is 4.79 Å². The second-order valence-electron chi connectivity index (χ2n) is 5.26. The molecule has 2 unspecified atom stereocenters. The summed E-state index contributed by atoms with van der Waals surface area (Å²) >= 11 is 0. The topological polar surface area (TPSA) is 51.3 Å². The molecule has 1 saturated heterocycles. The van der Waals surface area contributed by atoms with Crippen molar-refractivity contribution in [2.45, 2.75) is 32.7 Å². The van der Waals surface area contributed by atoms with Crippen LogP contribution in [0.1, 0.15) is 37.2 Å². The lowest BCUT2D eigenvalue weighted by molar-refractivity contribution is 0.0564. The van der Waals surface area contributed by atoms with E-state index in [1.165, 1.54) is 6.42 Å². The lowest BCUT2D eigenvalue weighted by Gasteiger charge is -2.36. The number of likely N-dealkylation sites (tertiary alicyclic amines) is 1. The third-order valence-corrected chi connectivity index (χ3v) is 3.62. The number of nitrogens with two attached hydrogens (primary N) is 1. The Kier molecular flexibility index (Phi) is 3.13. The SMILES string of the molecule is CC1CCC(C)N(C(=O)c2cc(N)cn2C)C1. The van der Waals surface area contributed by atoms with Crippen molar-refractivity contribution >= 4 is 11.6 Å². The molecule has 0 saturated carbocycles. The van der Waals surface area contributed by atoms with Crippen LogP contribution >= 0.6 is 0 Å². The maximum absolute atomic E-state index is 12.4. The molecule has 0 radical (unpaired) electrons. The third kappa shape index (κ3) is 2.30. The van der Waals surface area contributed by atoms with Gasteiger partial charge < -0.3 is 15.2 Å². The zero-order valence-electron chi connectivity index (χ0n) is 10.8. The minimum Gasteiger partial charge on any atom is -0.397 e. The van der Waals surface area contributed by atoms with Crippen LogP contribution in [0.5, 0.6) is 0 Å². The van der Waals surface area contributed by atoms with Gasteiger partial charge >= 0.3 is 0 Å². The molecule has 0 spiro atoms. The highest BCUT2D eigenvalue weighted by atomic mass is 16.2. The van der Waals surface area contributed by atoms with E-state index in [-0.39, 0.29) is 5.91 Å². The van der Waals surface area contributed by atoms with Crippen molar-refractivity contribution < 1.29 is 4.79 Å². The summed E-state index contributed by atoms with van der Waals surface area (Å²) in [6.07, 6.45) is 4.08. The van der Waals surface area contributed by atoms with Gasteiger partial charge in [-0.25, -0.2) is 0 Å². The number of carbonyl (C=O) groups is 1. The highest BCUT2D eigenvalue weighted by Gasteiger charge is 2.28. The molecule has 2 heterocycles. The van der Waals surface area contributed by atoms with Crippen LogP contribution < -0.4 is 5.73 Å². The van der Waals surface area contributed by atoms with Gasteiger partial charge in [0, 0.05) is 25.8 Å². The summed E-state index contributed by atoms with van der Waals surface area (Å²) in [5.41, 5.74) is 7.05. The maximum atomic E-state index is 12.4. The van der Waals surface area contributed by atoms with Gasteiger partial charge in [0.1, 0.15) is 5.69 Å². The second kappa shape index (κ2) is 4.43. The molecule has 0 aromatic carbocycles. The van der Waals surface area contributed by atoms with E-state index in [2.05, 4.69) is 13.8 Å². The zero-order valence-corrected chi connectivity index (χ0v) is 10.8. The molecule has 2 atom stereocenters. The second-order valence-corrected chi connectivity index (χ2v) is 5.26. The van der Waals surface area contributed by atoms with Crippen LogP contribution in [0.3, 0.4) is 0 Å². The summed E-state index contributed by atoms with van der Waals surface area (Å²) in [7, 11) is 1.86. The summed E-state index contributed by atoms with van der Waals surface area (Å²) in [6, 6.07) is 2.09. The summed E-state index contributed by atoms with van der Waals surface area (Å²) in [4.78, 5) is 14.4. The predicted molar refractivity (Wildman–Crippen MR) is 68.7 cm³/mol. The Morgan fingerprint density at radius 3 is 2.71 bits per heavy atom. The van der Waals surface area contributed by atoms with Crippen LogP contribution in [-0.4, -0.2) is 28.0 Å². The van der Waals surface area contributed by atoms with E-state index in [9.17, 15) is 4.79 Å². The smallest absolute Gasteiger partial charge is 0.270 e. The fourth-order valence-electron chi connectivity index (χ4n) is 2.52. The van der Waals surface area contributed by atoms with Gasteiger partial charge in [0.05, 0.1) is 5.69 Å². The molecule has 4 nitrogen and oxygen atoms in total. The van der Waals surface area contributed by atoms with Gasteiger partial charge in [-0.15, -0.1) is 0 Å². The molecule has 1 amide bonds. The molecule has 2 rings (SSSR count). The van der Waals surface area contributed by atoms with Crippen molar-refractivity contribution in [3.63, 3.8) is 0 Å². The molecule has 1 fully saturated rings. The van der Waals surface area contributed by atoms with Crippen molar-refractivity contribution in [2.75, 3.05) is 12.3 Å². The van der Waals surface area contributed by atoms with Crippen LogP contribution in [0.2, 0.25) is 0 Å². The number of anilines is 1. The van der Waals surface area contributed by atoms with Gasteiger partial charge in [0.25, 0.3) is 5.91 Å². The molecule has 1 aliphatic heterocycles. The Bertz CT molecular complexity index is 424. The van der Waals surface area contributed by atoms with E-state index in [0.717, 1.165) is 13.0 Å². The first kappa shape index (κ1) is 12.0. The third-order valence-electron chi connectivity index (χ3n) is 3.62. The quantitative estimate of drug-likeness (QED) is 0.808. The maximum Gasteiger partial charge on any atom is 0.270 e. The van der Waals surface area contributed by atoms with Crippen LogP contribution in [-0.2, 0) is 7.05 Å². The van der Waals surface area contributed by atoms with Gasteiger partial charge in [0.15, 0.2) is 0 Å². The number of hydrogen-bond donors (Lipinski definition) is 1. The number of aryl methyl sites for hydroxylation is 1. The van der Waals surface area contributed by atoms with Crippen molar-refractivity contribution in [3.05, 3.63) is 18.0 Å². The monoisotopic (exact) mass is 235 g/mol. The van der Waals surface area contributed by atoms with Gasteiger partial charge in [0.2, 0.25) is 0 Å². The van der Waals surface area contributed by atoms with E-state index in [4.69, 9.17) is 5.73 Å². The fourth-order valence-corrected chi connectivity index (χ4v) is 2.52. The predicted octanol–water partition coefficient (Wildman–Crippen LogP) is 1.87. The minimum absolute atomic E-state index is 0.100. The molecule has 1 aromatic rings. The molecule has 4 heteroatoms. The highest BCUT2D eigenvalue weighted by Crippen LogP contribution is 2.23. The summed E-state index contributed by atoms with van der Waals surface area (Å²) in [5, 5.41) is 0. The van der Waals surface area contributed by atoms with Gasteiger partial charge in [-0.1, -0.05) is 6.92 Å². The van der Waals surface area contributed by atoms with Gasteiger partial charge in [-0.05, 0) is 31.7 Å². The Hall–Kier alpha value is -1.45. The fraction of sp³-hybridized carbons (Fsp3) is 0.615. The average molecular weight is 235 g/mol. The molecular weight excluding hydrogens is 214 g/mol. The Balaban J connectivity index is 2.21. The summed E-state index contributed by atoms with van der Waals surface area (Å²) < 4.78 is 1.81. The zero-order chi connectivity index (χ0) is 12.6. The number of nitrogen functional groups attached to an aromatic ring is 1. The van der Waals surface area contributed by atoms with Crippen molar-refractivity contribution in [1.29, 1.82) is 0 Å². The highest BCUT2D eigenvalue weighted by molar-refractivity contribution is 5.94. The number of aromatic nitrogens is 1. The molecule has 0 aliphatic carbocycles. The summed E-state index contributed by atoms with van der Waals surface area (Å²) in [5.74, 6) is 0.691.